The number of hydrogen-bond acceptors (Lipinski definition) is 3. The number of hydrogen-bond donors (Lipinski definition) is 0. The second-order valence-electron chi connectivity index (χ2n) is 6.72. The van der Waals surface area contributed by atoms with Crippen molar-refractivity contribution in [1.82, 2.24) is 9.80 Å². The fraction of sp³-hybridized carbons (Fsp3) is 0.400. The van der Waals surface area contributed by atoms with Gasteiger partial charge >= 0.3 is 0 Å². The van der Waals surface area contributed by atoms with Crippen LogP contribution in [-0.4, -0.2) is 34.7 Å². The summed E-state index contributed by atoms with van der Waals surface area (Å²) in [4.78, 5) is 29.9. The van der Waals surface area contributed by atoms with Crippen LogP contribution in [0, 0.1) is 12.8 Å². The lowest BCUT2D eigenvalue weighted by Gasteiger charge is -2.24. The van der Waals surface area contributed by atoms with Crippen molar-refractivity contribution in [2.24, 2.45) is 5.92 Å². The predicted molar refractivity (Wildman–Crippen MR) is 105 cm³/mol. The quantitative estimate of drug-likeness (QED) is 0.744. The number of halogens is 1. The van der Waals surface area contributed by atoms with E-state index in [2.05, 4.69) is 0 Å². The Labute approximate surface area is 163 Å². The highest BCUT2D eigenvalue weighted by molar-refractivity contribution is 7.16. The van der Waals surface area contributed by atoms with E-state index >= 15 is 0 Å². The van der Waals surface area contributed by atoms with Gasteiger partial charge in [-0.25, -0.2) is 0 Å². The third-order valence-corrected chi connectivity index (χ3v) is 5.94. The SMILES string of the molecule is CCN(Cc1ccc(Cl)s1)C(=O)C1CC(=O)N(Cc2ccc(C)cc2)C1. The van der Waals surface area contributed by atoms with Gasteiger partial charge < -0.3 is 9.80 Å². The summed E-state index contributed by atoms with van der Waals surface area (Å²) in [5, 5.41) is 0. The van der Waals surface area contributed by atoms with Crippen molar-refractivity contribution in [2.75, 3.05) is 13.1 Å². The molecule has 26 heavy (non-hydrogen) atoms. The molecule has 0 radical (unpaired) electrons. The summed E-state index contributed by atoms with van der Waals surface area (Å²) in [6.07, 6.45) is 0.298. The zero-order chi connectivity index (χ0) is 18.7. The molecule has 138 valence electrons. The zero-order valence-electron chi connectivity index (χ0n) is 15.1. The third-order valence-electron chi connectivity index (χ3n) is 4.73. The zero-order valence-corrected chi connectivity index (χ0v) is 16.6. The lowest BCUT2D eigenvalue weighted by molar-refractivity contribution is -0.136. The number of rotatable bonds is 6. The largest absolute Gasteiger partial charge is 0.338 e. The van der Waals surface area contributed by atoms with Gasteiger partial charge in [-0.3, -0.25) is 9.59 Å². The van der Waals surface area contributed by atoms with E-state index < -0.39 is 0 Å². The minimum Gasteiger partial charge on any atom is -0.338 e. The van der Waals surface area contributed by atoms with Crippen LogP contribution in [0.1, 0.15) is 29.3 Å². The summed E-state index contributed by atoms with van der Waals surface area (Å²) in [7, 11) is 0. The average molecular weight is 391 g/mol. The Bertz CT molecular complexity index is 787. The molecule has 2 amide bonds. The van der Waals surface area contributed by atoms with Crippen molar-refractivity contribution in [1.29, 1.82) is 0 Å². The van der Waals surface area contributed by atoms with Crippen LogP contribution in [-0.2, 0) is 22.7 Å². The Balaban J connectivity index is 1.62. The predicted octanol–water partition coefficient (Wildman–Crippen LogP) is 4.11. The molecule has 3 rings (SSSR count). The van der Waals surface area contributed by atoms with E-state index in [0.717, 1.165) is 14.8 Å². The molecule has 0 spiro atoms. The van der Waals surface area contributed by atoms with Crippen molar-refractivity contribution < 1.29 is 9.59 Å². The molecule has 0 saturated carbocycles. The summed E-state index contributed by atoms with van der Waals surface area (Å²) in [5.41, 5.74) is 2.29. The number of thiophene rings is 1. The number of carbonyl (C=O) groups is 2. The minimum atomic E-state index is -0.261. The molecule has 1 aliphatic heterocycles. The van der Waals surface area contributed by atoms with E-state index in [1.165, 1.54) is 16.9 Å². The van der Waals surface area contributed by atoms with Crippen LogP contribution in [0.3, 0.4) is 0 Å². The van der Waals surface area contributed by atoms with E-state index in [1.807, 2.05) is 55.1 Å². The van der Waals surface area contributed by atoms with Crippen LogP contribution in [0.15, 0.2) is 36.4 Å². The van der Waals surface area contributed by atoms with Gasteiger partial charge in [-0.15, -0.1) is 11.3 Å². The topological polar surface area (TPSA) is 40.6 Å². The van der Waals surface area contributed by atoms with E-state index in [0.29, 0.717) is 32.6 Å². The van der Waals surface area contributed by atoms with Gasteiger partial charge in [-0.1, -0.05) is 41.4 Å². The number of likely N-dealkylation sites (tertiary alicyclic amines) is 1. The lowest BCUT2D eigenvalue weighted by atomic mass is 10.1. The summed E-state index contributed by atoms with van der Waals surface area (Å²) >= 11 is 7.47. The highest BCUT2D eigenvalue weighted by Crippen LogP contribution is 2.26. The van der Waals surface area contributed by atoms with Crippen molar-refractivity contribution in [2.45, 2.75) is 33.4 Å². The minimum absolute atomic E-state index is 0.0526. The Morgan fingerprint density at radius 1 is 1.27 bits per heavy atom. The molecule has 1 aromatic carbocycles. The first kappa shape index (κ1) is 18.9. The van der Waals surface area contributed by atoms with Crippen LogP contribution in [0.4, 0.5) is 0 Å². The van der Waals surface area contributed by atoms with Crippen LogP contribution in [0.5, 0.6) is 0 Å². The fourth-order valence-corrected chi connectivity index (χ4v) is 4.34. The molecule has 2 heterocycles. The average Bonchev–Trinajstić information content (AvgIpc) is 3.20. The molecular formula is C20H23ClN2O2S. The van der Waals surface area contributed by atoms with Gasteiger partial charge in [0.2, 0.25) is 11.8 Å². The Hall–Kier alpha value is -1.85. The smallest absolute Gasteiger partial charge is 0.228 e. The van der Waals surface area contributed by atoms with E-state index in [-0.39, 0.29) is 17.7 Å². The van der Waals surface area contributed by atoms with Gasteiger partial charge in [0.1, 0.15) is 0 Å². The Morgan fingerprint density at radius 3 is 2.62 bits per heavy atom. The molecule has 0 N–H and O–H groups in total. The van der Waals surface area contributed by atoms with E-state index in [1.54, 1.807) is 4.90 Å². The van der Waals surface area contributed by atoms with Crippen molar-refractivity contribution in [3.63, 3.8) is 0 Å². The van der Waals surface area contributed by atoms with Crippen molar-refractivity contribution in [3.8, 4) is 0 Å². The maximum absolute atomic E-state index is 12.9. The first-order valence-electron chi connectivity index (χ1n) is 8.82. The highest BCUT2D eigenvalue weighted by atomic mass is 35.5. The van der Waals surface area contributed by atoms with Crippen molar-refractivity contribution in [3.05, 3.63) is 56.7 Å². The molecule has 1 atom stereocenters. The van der Waals surface area contributed by atoms with Gasteiger partial charge in [0.15, 0.2) is 0 Å². The van der Waals surface area contributed by atoms with Crippen molar-refractivity contribution >= 4 is 34.8 Å². The molecule has 2 aromatic rings. The summed E-state index contributed by atoms with van der Waals surface area (Å²) in [6, 6.07) is 12.0. The van der Waals surface area contributed by atoms with Crippen LogP contribution in [0.2, 0.25) is 4.34 Å². The first-order valence-corrected chi connectivity index (χ1v) is 10.0. The summed E-state index contributed by atoms with van der Waals surface area (Å²) < 4.78 is 0.726. The van der Waals surface area contributed by atoms with E-state index in [4.69, 9.17) is 11.6 Å². The third kappa shape index (κ3) is 4.46. The van der Waals surface area contributed by atoms with E-state index in [9.17, 15) is 9.59 Å². The normalized spacial score (nSPS) is 17.0. The lowest BCUT2D eigenvalue weighted by Crippen LogP contribution is -2.36. The monoisotopic (exact) mass is 390 g/mol. The molecule has 1 aromatic heterocycles. The van der Waals surface area contributed by atoms with Gasteiger partial charge in [0.25, 0.3) is 0 Å². The number of carbonyl (C=O) groups excluding carboxylic acids is 2. The number of benzene rings is 1. The van der Waals surface area contributed by atoms with Crippen LogP contribution in [0.25, 0.3) is 0 Å². The molecular weight excluding hydrogens is 368 g/mol. The highest BCUT2D eigenvalue weighted by Gasteiger charge is 2.36. The van der Waals surface area contributed by atoms with Gasteiger partial charge in [0.05, 0.1) is 16.8 Å². The van der Waals surface area contributed by atoms with Gasteiger partial charge in [0, 0.05) is 30.9 Å². The Kier molecular flexibility index (Phi) is 5.99. The molecule has 1 saturated heterocycles. The Morgan fingerprint density at radius 2 is 2.00 bits per heavy atom. The second-order valence-corrected chi connectivity index (χ2v) is 8.52. The molecule has 0 aliphatic carbocycles. The molecule has 1 unspecified atom stereocenters. The molecule has 1 fully saturated rings. The molecule has 4 nitrogen and oxygen atoms in total. The number of nitrogens with zero attached hydrogens (tertiary/aromatic N) is 2. The maximum atomic E-state index is 12.9. The first-order chi connectivity index (χ1) is 12.5. The molecule has 0 bridgehead atoms. The summed E-state index contributed by atoms with van der Waals surface area (Å²) in [5.74, 6) is -0.153. The molecule has 6 heteroatoms. The molecule has 1 aliphatic rings. The maximum Gasteiger partial charge on any atom is 0.228 e. The standard InChI is InChI=1S/C20H23ClN2O2S/c1-3-22(13-17-8-9-18(21)26-17)20(25)16-10-19(24)23(12-16)11-15-6-4-14(2)5-7-15/h4-9,16H,3,10-13H2,1-2H3. The number of amides is 2. The van der Waals surface area contributed by atoms with Crippen LogP contribution >= 0.6 is 22.9 Å². The van der Waals surface area contributed by atoms with Crippen LogP contribution < -0.4 is 0 Å². The second kappa shape index (κ2) is 8.23. The fourth-order valence-electron chi connectivity index (χ4n) is 3.23. The van der Waals surface area contributed by atoms with Gasteiger partial charge in [-0.2, -0.15) is 0 Å². The number of aryl methyl sites for hydroxylation is 1. The van der Waals surface area contributed by atoms with Gasteiger partial charge in [-0.05, 0) is 31.5 Å². The summed E-state index contributed by atoms with van der Waals surface area (Å²) in [6.45, 7) is 6.24.